The predicted molar refractivity (Wildman–Crippen MR) is 75.6 cm³/mol. The van der Waals surface area contributed by atoms with Crippen molar-refractivity contribution in [2.75, 3.05) is 39.3 Å². The zero-order chi connectivity index (χ0) is 13.4. The van der Waals surface area contributed by atoms with Crippen LogP contribution in [-0.4, -0.2) is 50.1 Å². The Balaban J connectivity index is 2.12. The highest BCUT2D eigenvalue weighted by Gasteiger charge is 2.15. The van der Waals surface area contributed by atoms with E-state index in [9.17, 15) is 4.79 Å². The van der Waals surface area contributed by atoms with E-state index in [4.69, 9.17) is 0 Å². The molecule has 18 heavy (non-hydrogen) atoms. The van der Waals surface area contributed by atoms with Gasteiger partial charge in [0.1, 0.15) is 0 Å². The summed E-state index contributed by atoms with van der Waals surface area (Å²) in [7, 11) is 0. The molecule has 1 aliphatic heterocycles. The van der Waals surface area contributed by atoms with Gasteiger partial charge >= 0.3 is 0 Å². The van der Waals surface area contributed by atoms with Crippen LogP contribution in [-0.2, 0) is 4.79 Å². The lowest BCUT2D eigenvalue weighted by Crippen LogP contribution is -2.46. The van der Waals surface area contributed by atoms with Crippen molar-refractivity contribution >= 4 is 5.91 Å². The standard InChI is InChI=1S/C14H29N3O/c1-4-13(12(2)3)11-14(18)16-7-10-17-8-5-15-6-9-17/h12-13,15H,4-11H2,1-3H3,(H,16,18). The smallest absolute Gasteiger partial charge is 0.220 e. The van der Waals surface area contributed by atoms with Gasteiger partial charge in [0.25, 0.3) is 0 Å². The second kappa shape index (κ2) is 8.48. The Labute approximate surface area is 111 Å². The summed E-state index contributed by atoms with van der Waals surface area (Å²) < 4.78 is 0. The molecule has 1 aliphatic rings. The number of rotatable bonds is 7. The minimum atomic E-state index is 0.214. The average molecular weight is 255 g/mol. The van der Waals surface area contributed by atoms with Gasteiger partial charge in [0.2, 0.25) is 5.91 Å². The van der Waals surface area contributed by atoms with E-state index in [1.54, 1.807) is 0 Å². The van der Waals surface area contributed by atoms with Crippen molar-refractivity contribution in [2.45, 2.75) is 33.6 Å². The molecule has 4 heteroatoms. The molecule has 0 bridgehead atoms. The number of nitrogens with zero attached hydrogens (tertiary/aromatic N) is 1. The summed E-state index contributed by atoms with van der Waals surface area (Å²) in [6.45, 7) is 12.7. The van der Waals surface area contributed by atoms with E-state index < -0.39 is 0 Å². The Kier molecular flexibility index (Phi) is 7.28. The maximum absolute atomic E-state index is 11.8. The number of nitrogens with one attached hydrogen (secondary N) is 2. The molecule has 0 aliphatic carbocycles. The second-order valence-corrected chi connectivity index (χ2v) is 5.56. The molecule has 2 N–H and O–H groups in total. The Hall–Kier alpha value is -0.610. The normalized spacial score (nSPS) is 18.9. The molecule has 0 saturated carbocycles. The van der Waals surface area contributed by atoms with Crippen LogP contribution < -0.4 is 10.6 Å². The van der Waals surface area contributed by atoms with E-state index in [0.717, 1.165) is 45.7 Å². The number of hydrogen-bond donors (Lipinski definition) is 2. The Morgan fingerprint density at radius 1 is 1.33 bits per heavy atom. The first-order valence-electron chi connectivity index (χ1n) is 7.33. The number of piperazine rings is 1. The van der Waals surface area contributed by atoms with Gasteiger partial charge in [-0.15, -0.1) is 0 Å². The van der Waals surface area contributed by atoms with Crippen LogP contribution in [0.15, 0.2) is 0 Å². The highest BCUT2D eigenvalue weighted by Crippen LogP contribution is 2.18. The van der Waals surface area contributed by atoms with Crippen LogP contribution in [0.2, 0.25) is 0 Å². The van der Waals surface area contributed by atoms with Crippen molar-refractivity contribution in [3.8, 4) is 0 Å². The number of hydrogen-bond acceptors (Lipinski definition) is 3. The topological polar surface area (TPSA) is 44.4 Å². The first-order valence-corrected chi connectivity index (χ1v) is 7.33. The molecule has 4 nitrogen and oxygen atoms in total. The zero-order valence-electron chi connectivity index (χ0n) is 12.2. The zero-order valence-corrected chi connectivity index (χ0v) is 12.2. The van der Waals surface area contributed by atoms with Crippen molar-refractivity contribution in [3.05, 3.63) is 0 Å². The largest absolute Gasteiger partial charge is 0.355 e. The van der Waals surface area contributed by atoms with Gasteiger partial charge in [0.05, 0.1) is 0 Å². The molecule has 0 spiro atoms. The predicted octanol–water partition coefficient (Wildman–Crippen LogP) is 1.08. The third-order valence-corrected chi connectivity index (χ3v) is 3.87. The van der Waals surface area contributed by atoms with Crippen LogP contribution >= 0.6 is 0 Å². The summed E-state index contributed by atoms with van der Waals surface area (Å²) >= 11 is 0. The quantitative estimate of drug-likeness (QED) is 0.715. The molecule has 1 amide bonds. The summed E-state index contributed by atoms with van der Waals surface area (Å²) in [6.07, 6.45) is 1.76. The average Bonchev–Trinajstić information content (AvgIpc) is 2.37. The van der Waals surface area contributed by atoms with Crippen molar-refractivity contribution in [2.24, 2.45) is 11.8 Å². The van der Waals surface area contributed by atoms with Crippen molar-refractivity contribution in [1.82, 2.24) is 15.5 Å². The van der Waals surface area contributed by atoms with Crippen LogP contribution in [0.3, 0.4) is 0 Å². The summed E-state index contributed by atoms with van der Waals surface area (Å²) in [5.41, 5.74) is 0. The van der Waals surface area contributed by atoms with Gasteiger partial charge in [-0.05, 0) is 11.8 Å². The van der Waals surface area contributed by atoms with Crippen molar-refractivity contribution in [3.63, 3.8) is 0 Å². The van der Waals surface area contributed by atoms with Crippen LogP contribution in [0.4, 0.5) is 0 Å². The maximum Gasteiger partial charge on any atom is 0.220 e. The lowest BCUT2D eigenvalue weighted by atomic mass is 9.90. The fourth-order valence-electron chi connectivity index (χ4n) is 2.45. The van der Waals surface area contributed by atoms with E-state index in [-0.39, 0.29) is 5.91 Å². The lowest BCUT2D eigenvalue weighted by molar-refractivity contribution is -0.122. The Morgan fingerprint density at radius 3 is 2.56 bits per heavy atom. The summed E-state index contributed by atoms with van der Waals surface area (Å²) in [5.74, 6) is 1.32. The molecule has 0 aromatic rings. The first kappa shape index (κ1) is 15.4. The highest BCUT2D eigenvalue weighted by atomic mass is 16.1. The number of carbonyl (C=O) groups excluding carboxylic acids is 1. The third-order valence-electron chi connectivity index (χ3n) is 3.87. The van der Waals surface area contributed by atoms with E-state index in [2.05, 4.69) is 36.3 Å². The summed E-state index contributed by atoms with van der Waals surface area (Å²) in [6, 6.07) is 0. The Bertz CT molecular complexity index is 237. The molecule has 1 saturated heterocycles. The third kappa shape index (κ3) is 5.83. The molecular weight excluding hydrogens is 226 g/mol. The Morgan fingerprint density at radius 2 is 2.00 bits per heavy atom. The highest BCUT2D eigenvalue weighted by molar-refractivity contribution is 5.76. The fraction of sp³-hybridized carbons (Fsp3) is 0.929. The summed E-state index contributed by atoms with van der Waals surface area (Å²) in [5, 5.41) is 6.38. The monoisotopic (exact) mass is 255 g/mol. The van der Waals surface area contributed by atoms with Crippen molar-refractivity contribution in [1.29, 1.82) is 0 Å². The molecule has 1 unspecified atom stereocenters. The van der Waals surface area contributed by atoms with E-state index in [1.807, 2.05) is 0 Å². The van der Waals surface area contributed by atoms with E-state index in [1.165, 1.54) is 0 Å². The van der Waals surface area contributed by atoms with Crippen LogP contribution in [0.1, 0.15) is 33.6 Å². The van der Waals surface area contributed by atoms with Gasteiger partial charge < -0.3 is 10.6 Å². The second-order valence-electron chi connectivity index (χ2n) is 5.56. The molecule has 106 valence electrons. The lowest BCUT2D eigenvalue weighted by Gasteiger charge is -2.27. The SMILES string of the molecule is CCC(CC(=O)NCCN1CCNCC1)C(C)C. The van der Waals surface area contributed by atoms with E-state index in [0.29, 0.717) is 18.3 Å². The van der Waals surface area contributed by atoms with Crippen molar-refractivity contribution < 1.29 is 4.79 Å². The summed E-state index contributed by atoms with van der Waals surface area (Å²) in [4.78, 5) is 14.2. The number of amides is 1. The minimum Gasteiger partial charge on any atom is -0.355 e. The molecular formula is C14H29N3O. The van der Waals surface area contributed by atoms with Gasteiger partial charge in [0.15, 0.2) is 0 Å². The van der Waals surface area contributed by atoms with Crippen LogP contribution in [0.25, 0.3) is 0 Å². The molecule has 0 aromatic heterocycles. The van der Waals surface area contributed by atoms with Gasteiger partial charge in [0, 0.05) is 45.7 Å². The van der Waals surface area contributed by atoms with Crippen LogP contribution in [0.5, 0.6) is 0 Å². The van der Waals surface area contributed by atoms with Crippen LogP contribution in [0, 0.1) is 11.8 Å². The fourth-order valence-corrected chi connectivity index (χ4v) is 2.45. The van der Waals surface area contributed by atoms with Gasteiger partial charge in [-0.25, -0.2) is 0 Å². The van der Waals surface area contributed by atoms with E-state index >= 15 is 0 Å². The van der Waals surface area contributed by atoms with Gasteiger partial charge in [-0.3, -0.25) is 9.69 Å². The van der Waals surface area contributed by atoms with Gasteiger partial charge in [-0.1, -0.05) is 27.2 Å². The molecule has 1 heterocycles. The number of carbonyl (C=O) groups is 1. The first-order chi connectivity index (χ1) is 8.63. The molecule has 1 fully saturated rings. The molecule has 0 aromatic carbocycles. The minimum absolute atomic E-state index is 0.214. The van der Waals surface area contributed by atoms with Gasteiger partial charge in [-0.2, -0.15) is 0 Å². The maximum atomic E-state index is 11.8. The molecule has 1 atom stereocenters. The molecule has 1 rings (SSSR count). The molecule has 0 radical (unpaired) electrons.